The first-order valence-corrected chi connectivity index (χ1v) is 7.77. The van der Waals surface area contributed by atoms with E-state index in [1.54, 1.807) is 12.1 Å². The Morgan fingerprint density at radius 3 is 2.90 bits per heavy atom. The molecule has 1 aromatic rings. The first-order valence-electron chi connectivity index (χ1n) is 7.77. The van der Waals surface area contributed by atoms with Gasteiger partial charge in [0.05, 0.1) is 13.2 Å². The summed E-state index contributed by atoms with van der Waals surface area (Å²) in [4.78, 5) is 4.64. The first kappa shape index (κ1) is 16.4. The lowest BCUT2D eigenvalue weighted by Crippen LogP contribution is -2.39. The fourth-order valence-electron chi connectivity index (χ4n) is 2.90. The van der Waals surface area contributed by atoms with Crippen molar-refractivity contribution in [1.82, 2.24) is 9.80 Å². The van der Waals surface area contributed by atoms with Crippen LogP contribution in [0.1, 0.15) is 18.9 Å². The molecular formula is C17H27FN2O. The van der Waals surface area contributed by atoms with Crippen LogP contribution in [0.5, 0.6) is 0 Å². The Labute approximate surface area is 127 Å². The van der Waals surface area contributed by atoms with Crippen molar-refractivity contribution in [2.24, 2.45) is 5.92 Å². The van der Waals surface area contributed by atoms with Crippen LogP contribution in [0.4, 0.5) is 4.39 Å². The van der Waals surface area contributed by atoms with Gasteiger partial charge in [0.2, 0.25) is 0 Å². The van der Waals surface area contributed by atoms with E-state index in [1.165, 1.54) is 6.07 Å². The Kier molecular flexibility index (Phi) is 6.15. The van der Waals surface area contributed by atoms with Crippen molar-refractivity contribution in [2.45, 2.75) is 25.9 Å². The molecule has 3 nitrogen and oxygen atoms in total. The van der Waals surface area contributed by atoms with E-state index in [2.05, 4.69) is 30.8 Å². The normalized spacial score (nSPS) is 24.2. The summed E-state index contributed by atoms with van der Waals surface area (Å²) in [5.41, 5.74) is 1.04. The minimum absolute atomic E-state index is 0.157. The van der Waals surface area contributed by atoms with E-state index in [9.17, 15) is 4.39 Å². The summed E-state index contributed by atoms with van der Waals surface area (Å²) in [6.07, 6.45) is 1.13. The maximum Gasteiger partial charge on any atom is 0.123 e. The molecule has 1 aliphatic heterocycles. The van der Waals surface area contributed by atoms with E-state index in [1.807, 2.05) is 6.07 Å². The van der Waals surface area contributed by atoms with E-state index in [0.717, 1.165) is 44.8 Å². The molecule has 0 bridgehead atoms. The predicted molar refractivity (Wildman–Crippen MR) is 83.8 cm³/mol. The van der Waals surface area contributed by atoms with Crippen molar-refractivity contribution in [1.29, 1.82) is 0 Å². The summed E-state index contributed by atoms with van der Waals surface area (Å²) in [7, 11) is 4.21. The highest BCUT2D eigenvalue weighted by Gasteiger charge is 2.26. The monoisotopic (exact) mass is 294 g/mol. The zero-order valence-electron chi connectivity index (χ0n) is 13.4. The molecule has 1 fully saturated rings. The van der Waals surface area contributed by atoms with Crippen LogP contribution in [0.25, 0.3) is 0 Å². The second-order valence-electron chi connectivity index (χ2n) is 6.27. The van der Waals surface area contributed by atoms with Gasteiger partial charge in [-0.15, -0.1) is 0 Å². The number of ether oxygens (including phenoxy) is 1. The second-order valence-corrected chi connectivity index (χ2v) is 6.27. The van der Waals surface area contributed by atoms with E-state index in [0.29, 0.717) is 12.0 Å². The summed E-state index contributed by atoms with van der Waals surface area (Å²) >= 11 is 0. The topological polar surface area (TPSA) is 15.7 Å². The van der Waals surface area contributed by atoms with E-state index >= 15 is 0 Å². The van der Waals surface area contributed by atoms with Crippen LogP contribution >= 0.6 is 0 Å². The molecule has 21 heavy (non-hydrogen) atoms. The molecule has 118 valence electrons. The lowest BCUT2D eigenvalue weighted by molar-refractivity contribution is 0.110. The van der Waals surface area contributed by atoms with Gasteiger partial charge < -0.3 is 9.64 Å². The number of hydrogen-bond donors (Lipinski definition) is 0. The maximum absolute atomic E-state index is 13.3. The number of halogens is 1. The summed E-state index contributed by atoms with van der Waals surface area (Å²) < 4.78 is 19.1. The molecule has 1 heterocycles. The Morgan fingerprint density at radius 2 is 2.19 bits per heavy atom. The van der Waals surface area contributed by atoms with Gasteiger partial charge in [0.1, 0.15) is 5.82 Å². The molecule has 0 spiro atoms. The number of nitrogens with zero attached hydrogens (tertiary/aromatic N) is 2. The van der Waals surface area contributed by atoms with Crippen molar-refractivity contribution >= 4 is 0 Å². The molecule has 0 saturated carbocycles. The molecule has 1 saturated heterocycles. The molecule has 0 amide bonds. The SMILES string of the molecule is C[C@H]1[C@H](CCN(C)C)COCCN1Cc1cccc(F)c1. The quantitative estimate of drug-likeness (QED) is 0.830. The molecule has 2 rings (SSSR count). The molecule has 4 heteroatoms. The highest BCUT2D eigenvalue weighted by Crippen LogP contribution is 2.21. The van der Waals surface area contributed by atoms with Crippen LogP contribution in [-0.2, 0) is 11.3 Å². The summed E-state index contributed by atoms with van der Waals surface area (Å²) in [5.74, 6) is 0.374. The molecule has 0 unspecified atom stereocenters. The summed E-state index contributed by atoms with van der Waals surface area (Å²) in [6, 6.07) is 7.37. The van der Waals surface area contributed by atoms with Gasteiger partial charge in [0.15, 0.2) is 0 Å². The Bertz CT molecular complexity index is 439. The van der Waals surface area contributed by atoms with Crippen molar-refractivity contribution < 1.29 is 9.13 Å². The van der Waals surface area contributed by atoms with Gasteiger partial charge in [-0.3, -0.25) is 4.90 Å². The van der Waals surface area contributed by atoms with Gasteiger partial charge in [-0.05, 0) is 57.6 Å². The van der Waals surface area contributed by atoms with Gasteiger partial charge in [0, 0.05) is 19.1 Å². The van der Waals surface area contributed by atoms with Crippen molar-refractivity contribution in [2.75, 3.05) is 40.4 Å². The summed E-state index contributed by atoms with van der Waals surface area (Å²) in [6.45, 7) is 6.64. The summed E-state index contributed by atoms with van der Waals surface area (Å²) in [5, 5.41) is 0. The van der Waals surface area contributed by atoms with E-state index in [-0.39, 0.29) is 5.82 Å². The second kappa shape index (κ2) is 7.87. The minimum atomic E-state index is -0.157. The Hall–Kier alpha value is -0.970. The maximum atomic E-state index is 13.3. The highest BCUT2D eigenvalue weighted by atomic mass is 19.1. The molecule has 0 N–H and O–H groups in total. The number of benzene rings is 1. The van der Waals surface area contributed by atoms with Gasteiger partial charge in [0.25, 0.3) is 0 Å². The van der Waals surface area contributed by atoms with E-state index < -0.39 is 0 Å². The molecule has 0 radical (unpaired) electrons. The zero-order chi connectivity index (χ0) is 15.2. The first-order chi connectivity index (χ1) is 10.1. The van der Waals surface area contributed by atoms with Crippen LogP contribution in [0.15, 0.2) is 24.3 Å². The lowest BCUT2D eigenvalue weighted by atomic mass is 9.96. The van der Waals surface area contributed by atoms with Crippen molar-refractivity contribution in [3.63, 3.8) is 0 Å². The minimum Gasteiger partial charge on any atom is -0.380 e. The molecule has 1 aromatic carbocycles. The number of hydrogen-bond acceptors (Lipinski definition) is 3. The zero-order valence-corrected chi connectivity index (χ0v) is 13.4. The third-order valence-corrected chi connectivity index (χ3v) is 4.33. The molecular weight excluding hydrogens is 267 g/mol. The standard InChI is InChI=1S/C17H27FN2O/c1-14-16(7-8-19(2)3)13-21-10-9-20(14)12-15-5-4-6-17(18)11-15/h4-6,11,14,16H,7-10,12-13H2,1-3H3/t14-,16+/m0/s1. The third kappa shape index (κ3) is 5.06. The fourth-order valence-corrected chi connectivity index (χ4v) is 2.90. The van der Waals surface area contributed by atoms with E-state index in [4.69, 9.17) is 4.74 Å². The largest absolute Gasteiger partial charge is 0.380 e. The molecule has 0 aliphatic carbocycles. The molecule has 0 aromatic heterocycles. The average Bonchev–Trinajstić information content (AvgIpc) is 2.60. The lowest BCUT2D eigenvalue weighted by Gasteiger charge is -2.32. The van der Waals surface area contributed by atoms with Crippen LogP contribution in [0, 0.1) is 11.7 Å². The van der Waals surface area contributed by atoms with Gasteiger partial charge >= 0.3 is 0 Å². The van der Waals surface area contributed by atoms with Crippen LogP contribution in [0.3, 0.4) is 0 Å². The van der Waals surface area contributed by atoms with Gasteiger partial charge in [-0.1, -0.05) is 12.1 Å². The van der Waals surface area contributed by atoms with Crippen molar-refractivity contribution in [3.05, 3.63) is 35.6 Å². The smallest absolute Gasteiger partial charge is 0.123 e. The molecule has 1 aliphatic rings. The Morgan fingerprint density at radius 1 is 1.38 bits per heavy atom. The van der Waals surface area contributed by atoms with Crippen LogP contribution in [-0.4, -0.2) is 56.2 Å². The fraction of sp³-hybridized carbons (Fsp3) is 0.647. The van der Waals surface area contributed by atoms with Crippen LogP contribution in [0.2, 0.25) is 0 Å². The predicted octanol–water partition coefficient (Wildman–Crippen LogP) is 2.61. The molecule has 2 atom stereocenters. The Balaban J connectivity index is 2.00. The number of rotatable bonds is 5. The van der Waals surface area contributed by atoms with Gasteiger partial charge in [-0.25, -0.2) is 4.39 Å². The highest BCUT2D eigenvalue weighted by molar-refractivity contribution is 5.16. The van der Waals surface area contributed by atoms with Crippen molar-refractivity contribution in [3.8, 4) is 0 Å². The van der Waals surface area contributed by atoms with Gasteiger partial charge in [-0.2, -0.15) is 0 Å². The average molecular weight is 294 g/mol. The van der Waals surface area contributed by atoms with Crippen LogP contribution < -0.4 is 0 Å². The third-order valence-electron chi connectivity index (χ3n) is 4.33.